The lowest BCUT2D eigenvalue weighted by atomic mass is 9.47. The summed E-state index contributed by atoms with van der Waals surface area (Å²) < 4.78 is 1.97. The maximum Gasteiger partial charge on any atom is 0.259 e. The van der Waals surface area contributed by atoms with Crippen molar-refractivity contribution in [1.29, 1.82) is 0 Å². The van der Waals surface area contributed by atoms with E-state index in [1.807, 2.05) is 27.9 Å². The number of hydrogen-bond acceptors (Lipinski definition) is 7. The lowest BCUT2D eigenvalue weighted by Gasteiger charge is -2.57. The first-order valence-corrected chi connectivity index (χ1v) is 15.7. The van der Waals surface area contributed by atoms with E-state index in [2.05, 4.69) is 41.5 Å². The van der Waals surface area contributed by atoms with Gasteiger partial charge in [0.1, 0.15) is 11.9 Å². The van der Waals surface area contributed by atoms with Gasteiger partial charge >= 0.3 is 0 Å². The number of aromatic nitrogens is 3. The first-order chi connectivity index (χ1) is 21.2. The largest absolute Gasteiger partial charge is 0.339 e. The highest BCUT2D eigenvalue weighted by Gasteiger charge is 2.55. The summed E-state index contributed by atoms with van der Waals surface area (Å²) >= 11 is 0. The molecule has 5 heterocycles. The minimum Gasteiger partial charge on any atom is -0.339 e. The van der Waals surface area contributed by atoms with Gasteiger partial charge in [0, 0.05) is 42.1 Å². The second-order valence-electron chi connectivity index (χ2n) is 13.1. The minimum atomic E-state index is -0.756. The maximum atomic E-state index is 13.4. The molecule has 3 aromatic rings. The van der Waals surface area contributed by atoms with E-state index in [-0.39, 0.29) is 36.6 Å². The molecule has 8 rings (SSSR count). The molecule has 2 saturated heterocycles. The fraction of sp³-hybridized carbons (Fsp3) is 0.455. The van der Waals surface area contributed by atoms with Crippen LogP contribution >= 0.6 is 0 Å². The number of benzene rings is 1. The number of carbonyl (C=O) groups is 4. The normalized spacial score (nSPS) is 28.2. The standard InChI is InChI=1S/C33H35N7O4/c1-16-17(2)27-26(16)18(3)28(27)33(44)38-11-9-20(10-12-38)39-15-19(13-35-39)36-30-21-5-4-6-22-29(21)24(14-34-30)40(32(22)43)23-7-8-25(41)37-31(23)42/h4-6,13-18,20,23,26H,7-12H2,1-3H3,(H,34,36)(H,37,41,42). The van der Waals surface area contributed by atoms with Crippen LogP contribution in [0.15, 0.2) is 47.9 Å². The Hall–Kier alpha value is -4.54. The zero-order valence-corrected chi connectivity index (χ0v) is 25.0. The Bertz CT molecular complexity index is 1800. The molecule has 3 fully saturated rings. The Morgan fingerprint density at radius 2 is 1.82 bits per heavy atom. The molecule has 0 radical (unpaired) electrons. The zero-order valence-electron chi connectivity index (χ0n) is 25.0. The lowest BCUT2D eigenvalue weighted by Crippen LogP contribution is -2.54. The monoisotopic (exact) mass is 593 g/mol. The number of amides is 4. The predicted molar refractivity (Wildman–Crippen MR) is 163 cm³/mol. The van der Waals surface area contributed by atoms with E-state index in [0.29, 0.717) is 40.7 Å². The molecule has 1 aromatic carbocycles. The van der Waals surface area contributed by atoms with Crippen LogP contribution in [0.25, 0.3) is 10.8 Å². The van der Waals surface area contributed by atoms with Crippen LogP contribution in [0.1, 0.15) is 62.9 Å². The number of carbonyl (C=O) groups excluding carboxylic acids is 4. The van der Waals surface area contributed by atoms with Gasteiger partial charge in [0.2, 0.25) is 17.7 Å². The molecular weight excluding hydrogens is 558 g/mol. The van der Waals surface area contributed by atoms with Crippen molar-refractivity contribution in [3.63, 3.8) is 0 Å². The highest BCUT2D eigenvalue weighted by molar-refractivity contribution is 6.28. The highest BCUT2D eigenvalue weighted by Crippen LogP contribution is 2.60. The summed E-state index contributed by atoms with van der Waals surface area (Å²) in [6.07, 6.45) is 7.50. The molecule has 0 bridgehead atoms. The molecule has 11 heteroatoms. The second kappa shape index (κ2) is 9.73. The maximum absolute atomic E-state index is 13.4. The number of hydrogen-bond donors (Lipinski definition) is 2. The van der Waals surface area contributed by atoms with Crippen LogP contribution in [0.3, 0.4) is 0 Å². The molecule has 5 aliphatic rings. The Balaban J connectivity index is 0.972. The molecule has 2 aliphatic carbocycles. The number of likely N-dealkylation sites (tertiary alicyclic amines) is 1. The summed E-state index contributed by atoms with van der Waals surface area (Å²) in [7, 11) is 0. The van der Waals surface area contributed by atoms with Crippen molar-refractivity contribution in [2.24, 2.45) is 23.7 Å². The number of nitrogens with one attached hydrogen (secondary N) is 2. The first kappa shape index (κ1) is 27.0. The van der Waals surface area contributed by atoms with Gasteiger partial charge in [0.25, 0.3) is 5.91 Å². The van der Waals surface area contributed by atoms with E-state index in [0.717, 1.165) is 48.0 Å². The van der Waals surface area contributed by atoms with Crippen LogP contribution in [0.4, 0.5) is 17.2 Å². The van der Waals surface area contributed by atoms with Crippen LogP contribution < -0.4 is 15.5 Å². The molecule has 1 saturated carbocycles. The fourth-order valence-electron chi connectivity index (χ4n) is 8.34. The van der Waals surface area contributed by atoms with Crippen molar-refractivity contribution in [3.8, 4) is 0 Å². The number of fused-ring (bicyclic) bond motifs is 1. The van der Waals surface area contributed by atoms with Gasteiger partial charge < -0.3 is 10.2 Å². The average Bonchev–Trinajstić information content (AvgIpc) is 3.60. The molecular formula is C33H35N7O4. The molecule has 2 N–H and O–H groups in total. The number of nitrogens with zero attached hydrogens (tertiary/aromatic N) is 5. The summed E-state index contributed by atoms with van der Waals surface area (Å²) in [5.41, 5.74) is 4.34. The van der Waals surface area contributed by atoms with E-state index in [1.54, 1.807) is 18.5 Å². The number of rotatable bonds is 5. The summed E-state index contributed by atoms with van der Waals surface area (Å²) in [6, 6.07) is 4.91. The third-order valence-electron chi connectivity index (χ3n) is 10.9. The van der Waals surface area contributed by atoms with Gasteiger partial charge in [-0.2, -0.15) is 5.10 Å². The van der Waals surface area contributed by atoms with E-state index >= 15 is 0 Å². The molecule has 4 amide bonds. The zero-order chi connectivity index (χ0) is 30.4. The van der Waals surface area contributed by atoms with Gasteiger partial charge in [-0.25, -0.2) is 4.98 Å². The third-order valence-corrected chi connectivity index (χ3v) is 10.9. The molecule has 44 heavy (non-hydrogen) atoms. The third kappa shape index (κ3) is 3.80. The van der Waals surface area contributed by atoms with E-state index in [9.17, 15) is 19.2 Å². The molecule has 0 spiro atoms. The number of piperidine rings is 2. The van der Waals surface area contributed by atoms with Crippen LogP contribution in [-0.2, 0) is 14.4 Å². The van der Waals surface area contributed by atoms with Gasteiger partial charge in [0.05, 0.1) is 35.4 Å². The van der Waals surface area contributed by atoms with Crippen molar-refractivity contribution in [2.75, 3.05) is 23.3 Å². The van der Waals surface area contributed by atoms with E-state index in [4.69, 9.17) is 0 Å². The Morgan fingerprint density at radius 3 is 2.59 bits per heavy atom. The summed E-state index contributed by atoms with van der Waals surface area (Å²) in [5.74, 6) is 1.95. The number of allylic oxidation sites excluding steroid dienone is 1. The Morgan fingerprint density at radius 1 is 1.02 bits per heavy atom. The average molecular weight is 594 g/mol. The van der Waals surface area contributed by atoms with Gasteiger partial charge in [-0.05, 0) is 49.0 Å². The highest BCUT2D eigenvalue weighted by atomic mass is 16.2. The van der Waals surface area contributed by atoms with Crippen LogP contribution in [-0.4, -0.2) is 62.4 Å². The summed E-state index contributed by atoms with van der Waals surface area (Å²) in [4.78, 5) is 59.3. The molecule has 2 aromatic heterocycles. The quantitative estimate of drug-likeness (QED) is 0.429. The van der Waals surface area contributed by atoms with Crippen LogP contribution in [0.2, 0.25) is 0 Å². The van der Waals surface area contributed by atoms with Crippen molar-refractivity contribution in [2.45, 2.75) is 58.5 Å². The molecule has 3 aliphatic heterocycles. The number of anilines is 3. The lowest BCUT2D eigenvalue weighted by molar-refractivity contribution is -0.134. The van der Waals surface area contributed by atoms with Gasteiger partial charge in [-0.1, -0.05) is 38.5 Å². The summed E-state index contributed by atoms with van der Waals surface area (Å²) in [5, 5.41) is 11.9. The van der Waals surface area contributed by atoms with Gasteiger partial charge in [-0.15, -0.1) is 0 Å². The second-order valence-corrected chi connectivity index (χ2v) is 13.1. The predicted octanol–water partition coefficient (Wildman–Crippen LogP) is 3.95. The van der Waals surface area contributed by atoms with Crippen molar-refractivity contribution >= 4 is 51.6 Å². The number of imide groups is 1. The fourth-order valence-corrected chi connectivity index (χ4v) is 8.34. The van der Waals surface area contributed by atoms with Crippen molar-refractivity contribution in [1.82, 2.24) is 25.0 Å². The topological polar surface area (TPSA) is 130 Å². The van der Waals surface area contributed by atoms with E-state index < -0.39 is 11.9 Å². The molecule has 5 unspecified atom stereocenters. The smallest absolute Gasteiger partial charge is 0.259 e. The number of pyridine rings is 1. The van der Waals surface area contributed by atoms with Crippen LogP contribution in [0.5, 0.6) is 0 Å². The minimum absolute atomic E-state index is 0.184. The SMILES string of the molecule is CC1C2=C(C(=O)N3CCC(n4cc(Nc5ncc6c7c(cccc57)C(=O)N6C5CCC(=O)NC5=O)cn4)CC3)C(C)C2C1C. The van der Waals surface area contributed by atoms with E-state index in [1.165, 1.54) is 10.5 Å². The molecule has 11 nitrogen and oxygen atoms in total. The first-order valence-electron chi connectivity index (χ1n) is 15.7. The van der Waals surface area contributed by atoms with Gasteiger partial charge in [0.15, 0.2) is 0 Å². The summed E-state index contributed by atoms with van der Waals surface area (Å²) in [6.45, 7) is 8.20. The van der Waals surface area contributed by atoms with Gasteiger partial charge in [-0.3, -0.25) is 34.1 Å². The van der Waals surface area contributed by atoms with Crippen molar-refractivity contribution in [3.05, 3.63) is 53.5 Å². The van der Waals surface area contributed by atoms with Crippen molar-refractivity contribution < 1.29 is 19.2 Å². The Kier molecular flexibility index (Phi) is 5.98. The van der Waals surface area contributed by atoms with Crippen LogP contribution in [0, 0.1) is 23.7 Å². The molecule has 226 valence electrons. The Labute approximate surface area is 254 Å². The molecule has 5 atom stereocenters.